The summed E-state index contributed by atoms with van der Waals surface area (Å²) in [5.74, 6) is 1.57. The molecule has 0 amide bonds. The predicted molar refractivity (Wildman–Crippen MR) is 64.0 cm³/mol. The normalized spacial score (nSPS) is 14.2. The molecule has 0 aliphatic carbocycles. The van der Waals surface area contributed by atoms with Gasteiger partial charge in [-0.2, -0.15) is 5.26 Å². The Labute approximate surface area is 101 Å². The van der Waals surface area contributed by atoms with Crippen molar-refractivity contribution < 1.29 is 9.47 Å². The molecule has 1 aliphatic heterocycles. The van der Waals surface area contributed by atoms with E-state index in [1.165, 1.54) is 0 Å². The third kappa shape index (κ3) is 2.89. The zero-order valence-electron chi connectivity index (χ0n) is 10.1. The number of hydrogen-bond acceptors (Lipinski definition) is 4. The van der Waals surface area contributed by atoms with Crippen LogP contribution in [0.15, 0.2) is 18.2 Å². The molecule has 90 valence electrons. The second-order valence-corrected chi connectivity index (χ2v) is 4.57. The molecule has 0 radical (unpaired) electrons. The number of nitrogens with one attached hydrogen (secondary N) is 1. The third-order valence-electron chi connectivity index (χ3n) is 2.62. The van der Waals surface area contributed by atoms with Crippen LogP contribution in [0.3, 0.4) is 0 Å². The van der Waals surface area contributed by atoms with Crippen LogP contribution in [0.1, 0.15) is 19.4 Å². The molecule has 0 fully saturated rings. The fourth-order valence-corrected chi connectivity index (χ4v) is 1.56. The van der Waals surface area contributed by atoms with Crippen LogP contribution in [0, 0.1) is 11.3 Å². The number of benzene rings is 1. The van der Waals surface area contributed by atoms with Crippen molar-refractivity contribution in [2.45, 2.75) is 25.9 Å². The van der Waals surface area contributed by atoms with Gasteiger partial charge in [0.15, 0.2) is 11.5 Å². The largest absolute Gasteiger partial charge is 0.486 e. The molecule has 1 N–H and O–H groups in total. The van der Waals surface area contributed by atoms with Gasteiger partial charge in [-0.15, -0.1) is 0 Å². The lowest BCUT2D eigenvalue weighted by Crippen LogP contribution is -2.36. The Balaban J connectivity index is 2.05. The van der Waals surface area contributed by atoms with E-state index in [4.69, 9.17) is 14.7 Å². The molecule has 1 aromatic rings. The lowest BCUT2D eigenvalue weighted by Gasteiger charge is -2.20. The number of hydrogen-bond donors (Lipinski definition) is 1. The SMILES string of the molecule is CC(C)(C#N)NCc1ccc2c(c1)OCCO2. The Morgan fingerprint density at radius 3 is 2.71 bits per heavy atom. The molecular formula is C13H16N2O2. The number of ether oxygens (including phenoxy) is 2. The van der Waals surface area contributed by atoms with Crippen molar-refractivity contribution in [2.24, 2.45) is 0 Å². The van der Waals surface area contributed by atoms with Crippen LogP contribution < -0.4 is 14.8 Å². The molecule has 4 nitrogen and oxygen atoms in total. The van der Waals surface area contributed by atoms with Gasteiger partial charge in [0.2, 0.25) is 0 Å². The fourth-order valence-electron chi connectivity index (χ4n) is 1.56. The van der Waals surface area contributed by atoms with E-state index >= 15 is 0 Å². The number of rotatable bonds is 3. The summed E-state index contributed by atoms with van der Waals surface area (Å²) in [6.45, 7) is 5.53. The Morgan fingerprint density at radius 1 is 1.29 bits per heavy atom. The first kappa shape index (κ1) is 11.7. The summed E-state index contributed by atoms with van der Waals surface area (Å²) in [6, 6.07) is 8.05. The van der Waals surface area contributed by atoms with Gasteiger partial charge in [-0.05, 0) is 31.5 Å². The van der Waals surface area contributed by atoms with E-state index < -0.39 is 5.54 Å². The average molecular weight is 232 g/mol. The summed E-state index contributed by atoms with van der Waals surface area (Å²) in [6.07, 6.45) is 0. The summed E-state index contributed by atoms with van der Waals surface area (Å²) >= 11 is 0. The molecule has 0 saturated heterocycles. The zero-order chi connectivity index (χ0) is 12.3. The van der Waals surface area contributed by atoms with E-state index in [0.717, 1.165) is 17.1 Å². The minimum atomic E-state index is -0.521. The summed E-state index contributed by atoms with van der Waals surface area (Å²) in [7, 11) is 0. The Morgan fingerprint density at radius 2 is 2.00 bits per heavy atom. The van der Waals surface area contributed by atoms with E-state index in [2.05, 4.69) is 11.4 Å². The van der Waals surface area contributed by atoms with E-state index in [1.807, 2.05) is 32.0 Å². The quantitative estimate of drug-likeness (QED) is 0.864. The average Bonchev–Trinajstić information content (AvgIpc) is 2.36. The minimum absolute atomic E-state index is 0.521. The Bertz CT molecular complexity index is 449. The minimum Gasteiger partial charge on any atom is -0.486 e. The number of nitrogens with zero attached hydrogens (tertiary/aromatic N) is 1. The Hall–Kier alpha value is -1.73. The molecule has 0 bridgehead atoms. The highest BCUT2D eigenvalue weighted by molar-refractivity contribution is 5.43. The number of nitriles is 1. The zero-order valence-corrected chi connectivity index (χ0v) is 10.1. The molecule has 17 heavy (non-hydrogen) atoms. The highest BCUT2D eigenvalue weighted by atomic mass is 16.6. The first-order chi connectivity index (χ1) is 8.11. The molecule has 4 heteroatoms. The maximum atomic E-state index is 8.91. The van der Waals surface area contributed by atoms with Gasteiger partial charge in [0.25, 0.3) is 0 Å². The van der Waals surface area contributed by atoms with Crippen molar-refractivity contribution in [3.63, 3.8) is 0 Å². The molecule has 0 saturated carbocycles. The van der Waals surface area contributed by atoms with Gasteiger partial charge in [0, 0.05) is 6.54 Å². The molecule has 1 aromatic carbocycles. The molecule has 0 aromatic heterocycles. The molecule has 2 rings (SSSR count). The maximum Gasteiger partial charge on any atom is 0.161 e. The first-order valence-electron chi connectivity index (χ1n) is 5.65. The summed E-state index contributed by atoms with van der Waals surface area (Å²) in [5, 5.41) is 12.1. The lowest BCUT2D eigenvalue weighted by atomic mass is 10.1. The van der Waals surface area contributed by atoms with Crippen LogP contribution in [0.4, 0.5) is 0 Å². The smallest absolute Gasteiger partial charge is 0.161 e. The molecule has 0 spiro atoms. The van der Waals surface area contributed by atoms with Crippen molar-refractivity contribution in [1.29, 1.82) is 5.26 Å². The lowest BCUT2D eigenvalue weighted by molar-refractivity contribution is 0.171. The number of fused-ring (bicyclic) bond motifs is 1. The van der Waals surface area contributed by atoms with E-state index in [0.29, 0.717) is 19.8 Å². The summed E-state index contributed by atoms with van der Waals surface area (Å²) < 4.78 is 11.0. The van der Waals surface area contributed by atoms with E-state index in [-0.39, 0.29) is 0 Å². The third-order valence-corrected chi connectivity index (χ3v) is 2.62. The van der Waals surface area contributed by atoms with Crippen LogP contribution >= 0.6 is 0 Å². The first-order valence-corrected chi connectivity index (χ1v) is 5.65. The van der Waals surface area contributed by atoms with Crippen LogP contribution in [0.5, 0.6) is 11.5 Å². The molecule has 1 aliphatic rings. The van der Waals surface area contributed by atoms with Crippen molar-refractivity contribution in [1.82, 2.24) is 5.32 Å². The second-order valence-electron chi connectivity index (χ2n) is 4.57. The topological polar surface area (TPSA) is 54.3 Å². The molecule has 0 unspecified atom stereocenters. The highest BCUT2D eigenvalue weighted by Gasteiger charge is 2.16. The predicted octanol–water partition coefficient (Wildman–Crippen LogP) is 1.85. The van der Waals surface area contributed by atoms with Gasteiger partial charge in [0.1, 0.15) is 18.8 Å². The van der Waals surface area contributed by atoms with Crippen LogP contribution in [0.25, 0.3) is 0 Å². The Kier molecular flexibility index (Phi) is 3.21. The van der Waals surface area contributed by atoms with E-state index in [9.17, 15) is 0 Å². The monoisotopic (exact) mass is 232 g/mol. The molecule has 1 heterocycles. The molecule has 0 atom stereocenters. The van der Waals surface area contributed by atoms with Gasteiger partial charge in [-0.25, -0.2) is 0 Å². The summed E-state index contributed by atoms with van der Waals surface area (Å²) in [4.78, 5) is 0. The van der Waals surface area contributed by atoms with Crippen LogP contribution in [-0.4, -0.2) is 18.8 Å². The standard InChI is InChI=1S/C13H16N2O2/c1-13(2,9-14)15-8-10-3-4-11-12(7-10)17-6-5-16-11/h3-4,7,15H,5-6,8H2,1-2H3. The summed E-state index contributed by atoms with van der Waals surface area (Å²) in [5.41, 5.74) is 0.561. The van der Waals surface area contributed by atoms with Gasteiger partial charge in [-0.1, -0.05) is 6.07 Å². The van der Waals surface area contributed by atoms with Crippen LogP contribution in [-0.2, 0) is 6.54 Å². The molecular weight excluding hydrogens is 216 g/mol. The van der Waals surface area contributed by atoms with Crippen LogP contribution in [0.2, 0.25) is 0 Å². The van der Waals surface area contributed by atoms with Gasteiger partial charge < -0.3 is 9.47 Å². The van der Waals surface area contributed by atoms with Gasteiger partial charge >= 0.3 is 0 Å². The van der Waals surface area contributed by atoms with Gasteiger partial charge in [-0.3, -0.25) is 5.32 Å². The van der Waals surface area contributed by atoms with Crippen molar-refractivity contribution in [3.8, 4) is 17.6 Å². The fraction of sp³-hybridized carbons (Fsp3) is 0.462. The second kappa shape index (κ2) is 4.64. The van der Waals surface area contributed by atoms with Crippen molar-refractivity contribution in [3.05, 3.63) is 23.8 Å². The van der Waals surface area contributed by atoms with E-state index in [1.54, 1.807) is 0 Å². The van der Waals surface area contributed by atoms with Crippen molar-refractivity contribution >= 4 is 0 Å². The maximum absolute atomic E-state index is 8.91. The van der Waals surface area contributed by atoms with Crippen molar-refractivity contribution in [2.75, 3.05) is 13.2 Å². The van der Waals surface area contributed by atoms with Gasteiger partial charge in [0.05, 0.1) is 6.07 Å². The highest BCUT2D eigenvalue weighted by Crippen LogP contribution is 2.30.